The molecule has 1 amide bonds. The van der Waals surface area contributed by atoms with Crippen molar-refractivity contribution in [3.05, 3.63) is 35.4 Å². The van der Waals surface area contributed by atoms with Crippen molar-refractivity contribution in [2.45, 2.75) is 31.8 Å². The van der Waals surface area contributed by atoms with E-state index in [2.05, 4.69) is 0 Å². The smallest absolute Gasteiger partial charge is 0.335 e. The van der Waals surface area contributed by atoms with Crippen LogP contribution in [0.25, 0.3) is 0 Å². The van der Waals surface area contributed by atoms with Crippen molar-refractivity contribution in [3.8, 4) is 0 Å². The molecular weight excluding hydrogens is 310 g/mol. The summed E-state index contributed by atoms with van der Waals surface area (Å²) in [6.45, 7) is 2.76. The largest absolute Gasteiger partial charge is 0.478 e. The van der Waals surface area contributed by atoms with Gasteiger partial charge in [-0.2, -0.15) is 0 Å². The number of amides is 1. The van der Waals surface area contributed by atoms with Gasteiger partial charge in [-0.1, -0.05) is 12.1 Å². The summed E-state index contributed by atoms with van der Waals surface area (Å²) in [7, 11) is 1.68. The van der Waals surface area contributed by atoms with Gasteiger partial charge in [0, 0.05) is 33.4 Å². The molecule has 0 unspecified atom stereocenters. The Hall–Kier alpha value is -1.92. The lowest BCUT2D eigenvalue weighted by molar-refractivity contribution is -0.133. The van der Waals surface area contributed by atoms with Crippen LogP contribution in [0.3, 0.4) is 0 Å². The number of likely N-dealkylation sites (tertiary alicyclic amines) is 1. The van der Waals surface area contributed by atoms with Crippen LogP contribution in [0.1, 0.15) is 35.2 Å². The van der Waals surface area contributed by atoms with Gasteiger partial charge in [-0.3, -0.25) is 4.79 Å². The summed E-state index contributed by atoms with van der Waals surface area (Å²) in [5.41, 5.74) is 0.946. The topological polar surface area (TPSA) is 76.1 Å². The lowest BCUT2D eigenvalue weighted by Gasteiger charge is -2.32. The van der Waals surface area contributed by atoms with Gasteiger partial charge in [-0.25, -0.2) is 4.79 Å². The minimum absolute atomic E-state index is 0.0374. The van der Waals surface area contributed by atoms with Gasteiger partial charge in [0.2, 0.25) is 5.91 Å². The molecule has 0 atom stereocenters. The zero-order valence-corrected chi connectivity index (χ0v) is 14.1. The van der Waals surface area contributed by atoms with E-state index in [1.807, 2.05) is 4.90 Å². The van der Waals surface area contributed by atoms with Crippen molar-refractivity contribution >= 4 is 11.9 Å². The van der Waals surface area contributed by atoms with Crippen LogP contribution < -0.4 is 0 Å². The number of nitrogens with zero attached hydrogens (tertiary/aromatic N) is 1. The van der Waals surface area contributed by atoms with Gasteiger partial charge in [0.25, 0.3) is 0 Å². The van der Waals surface area contributed by atoms with Crippen LogP contribution in [-0.2, 0) is 20.7 Å². The Kier molecular flexibility index (Phi) is 7.21. The molecule has 1 fully saturated rings. The molecule has 1 aliphatic rings. The third-order valence-corrected chi connectivity index (χ3v) is 4.17. The second-order valence-corrected chi connectivity index (χ2v) is 5.98. The molecule has 1 aromatic rings. The lowest BCUT2D eigenvalue weighted by Crippen LogP contribution is -2.41. The van der Waals surface area contributed by atoms with Crippen molar-refractivity contribution < 1.29 is 24.2 Å². The molecule has 0 spiro atoms. The van der Waals surface area contributed by atoms with Crippen molar-refractivity contribution in [2.24, 2.45) is 0 Å². The number of hydrogen-bond acceptors (Lipinski definition) is 4. The van der Waals surface area contributed by atoms with Gasteiger partial charge < -0.3 is 19.5 Å². The number of rotatable bonds is 8. The van der Waals surface area contributed by atoms with Gasteiger partial charge in [-0.15, -0.1) is 0 Å². The van der Waals surface area contributed by atoms with E-state index in [-0.39, 0.29) is 24.0 Å². The molecule has 2 rings (SSSR count). The van der Waals surface area contributed by atoms with E-state index < -0.39 is 5.97 Å². The molecule has 6 heteroatoms. The van der Waals surface area contributed by atoms with Crippen LogP contribution in [0.2, 0.25) is 0 Å². The lowest BCUT2D eigenvalue weighted by atomic mass is 10.0. The molecule has 6 nitrogen and oxygen atoms in total. The fourth-order valence-electron chi connectivity index (χ4n) is 2.83. The van der Waals surface area contributed by atoms with Crippen LogP contribution in [0.15, 0.2) is 24.3 Å². The second kappa shape index (κ2) is 9.39. The highest BCUT2D eigenvalue weighted by Crippen LogP contribution is 2.16. The summed E-state index contributed by atoms with van der Waals surface area (Å²) in [5.74, 6) is -0.939. The molecular formula is C18H25NO5. The van der Waals surface area contributed by atoms with Gasteiger partial charge >= 0.3 is 5.97 Å². The predicted molar refractivity (Wildman–Crippen MR) is 89.2 cm³/mol. The van der Waals surface area contributed by atoms with E-state index in [0.717, 1.165) is 24.8 Å². The highest BCUT2D eigenvalue weighted by Gasteiger charge is 2.23. The Balaban J connectivity index is 1.76. The molecule has 0 saturated carbocycles. The van der Waals surface area contributed by atoms with E-state index in [1.54, 1.807) is 25.3 Å². The number of carbonyl (C=O) groups excluding carboxylic acids is 1. The molecule has 1 aliphatic heterocycles. The summed E-state index contributed by atoms with van der Waals surface area (Å²) in [5, 5.41) is 9.01. The minimum atomic E-state index is -0.976. The molecule has 1 N–H and O–H groups in total. The quantitative estimate of drug-likeness (QED) is 0.735. The minimum Gasteiger partial charge on any atom is -0.478 e. The van der Waals surface area contributed by atoms with Crippen molar-refractivity contribution in [1.29, 1.82) is 0 Å². The first-order valence-electron chi connectivity index (χ1n) is 8.30. The molecule has 1 saturated heterocycles. The van der Waals surface area contributed by atoms with Crippen LogP contribution in [-0.4, -0.2) is 61.4 Å². The highest BCUT2D eigenvalue weighted by atomic mass is 16.5. The third kappa shape index (κ3) is 5.62. The van der Waals surface area contributed by atoms with Crippen LogP contribution in [0.4, 0.5) is 0 Å². The van der Waals surface area contributed by atoms with Crippen molar-refractivity contribution in [1.82, 2.24) is 4.90 Å². The SMILES string of the molecule is COCCCOC1CCN(C(=O)Cc2cccc(C(=O)O)c2)CC1. The first-order chi connectivity index (χ1) is 11.6. The van der Waals surface area contributed by atoms with E-state index in [0.29, 0.717) is 26.3 Å². The maximum absolute atomic E-state index is 12.4. The number of hydrogen-bond donors (Lipinski definition) is 1. The van der Waals surface area contributed by atoms with Crippen LogP contribution >= 0.6 is 0 Å². The first kappa shape index (κ1) is 18.4. The van der Waals surface area contributed by atoms with E-state index in [9.17, 15) is 9.59 Å². The molecule has 24 heavy (non-hydrogen) atoms. The average molecular weight is 335 g/mol. The Bertz CT molecular complexity index is 552. The maximum Gasteiger partial charge on any atom is 0.335 e. The number of piperidine rings is 1. The molecule has 1 aromatic carbocycles. The summed E-state index contributed by atoms with van der Waals surface area (Å²) < 4.78 is 10.8. The molecule has 1 heterocycles. The Morgan fingerprint density at radius 1 is 1.25 bits per heavy atom. The monoisotopic (exact) mass is 335 g/mol. The first-order valence-corrected chi connectivity index (χ1v) is 8.30. The summed E-state index contributed by atoms with van der Waals surface area (Å²) in [6, 6.07) is 6.55. The Morgan fingerprint density at radius 2 is 2.00 bits per heavy atom. The number of aromatic carboxylic acids is 1. The molecule has 0 aromatic heterocycles. The van der Waals surface area contributed by atoms with Gasteiger partial charge in [-0.05, 0) is 37.0 Å². The third-order valence-electron chi connectivity index (χ3n) is 4.17. The van der Waals surface area contributed by atoms with E-state index >= 15 is 0 Å². The summed E-state index contributed by atoms with van der Waals surface area (Å²) in [4.78, 5) is 25.2. The number of benzene rings is 1. The van der Waals surface area contributed by atoms with Crippen molar-refractivity contribution in [3.63, 3.8) is 0 Å². The zero-order chi connectivity index (χ0) is 17.4. The van der Waals surface area contributed by atoms with Crippen LogP contribution in [0.5, 0.6) is 0 Å². The maximum atomic E-state index is 12.4. The Labute approximate surface area is 142 Å². The normalized spacial score (nSPS) is 15.5. The van der Waals surface area contributed by atoms with Crippen LogP contribution in [0, 0.1) is 0 Å². The summed E-state index contributed by atoms with van der Waals surface area (Å²) in [6.07, 6.45) is 3.01. The zero-order valence-electron chi connectivity index (χ0n) is 14.1. The van der Waals surface area contributed by atoms with E-state index in [4.69, 9.17) is 14.6 Å². The fraction of sp³-hybridized carbons (Fsp3) is 0.556. The highest BCUT2D eigenvalue weighted by molar-refractivity contribution is 5.88. The molecule has 0 aliphatic carbocycles. The average Bonchev–Trinajstić information content (AvgIpc) is 2.59. The number of ether oxygens (including phenoxy) is 2. The van der Waals surface area contributed by atoms with Gasteiger partial charge in [0.1, 0.15) is 0 Å². The van der Waals surface area contributed by atoms with Crippen molar-refractivity contribution in [2.75, 3.05) is 33.4 Å². The standard InChI is InChI=1S/C18H25NO5/c1-23-10-3-11-24-16-6-8-19(9-7-16)17(20)13-14-4-2-5-15(12-14)18(21)22/h2,4-5,12,16H,3,6-11,13H2,1H3,(H,21,22). The number of methoxy groups -OCH3 is 1. The second-order valence-electron chi connectivity index (χ2n) is 5.98. The van der Waals surface area contributed by atoms with E-state index in [1.165, 1.54) is 6.07 Å². The Morgan fingerprint density at radius 3 is 2.67 bits per heavy atom. The summed E-state index contributed by atoms with van der Waals surface area (Å²) >= 11 is 0. The van der Waals surface area contributed by atoms with Gasteiger partial charge in [0.15, 0.2) is 0 Å². The predicted octanol–water partition coefficient (Wildman–Crippen LogP) is 1.97. The molecule has 132 valence electrons. The fourth-order valence-corrected chi connectivity index (χ4v) is 2.83. The molecule has 0 bridgehead atoms. The van der Waals surface area contributed by atoms with Gasteiger partial charge in [0.05, 0.1) is 18.1 Å². The molecule has 0 radical (unpaired) electrons. The number of carboxylic acids is 1. The number of carbonyl (C=O) groups is 2. The number of carboxylic acid groups (broad SMARTS) is 1.